The topological polar surface area (TPSA) is 71.1 Å². The molecule has 0 radical (unpaired) electrons. The molecule has 170 valence electrons. The van der Waals surface area contributed by atoms with Crippen LogP contribution in [-0.4, -0.2) is 56.1 Å². The van der Waals surface area contributed by atoms with Crippen LogP contribution in [0.3, 0.4) is 0 Å². The first-order chi connectivity index (χ1) is 15.5. The molecule has 2 aliphatic heterocycles. The quantitative estimate of drug-likeness (QED) is 0.718. The van der Waals surface area contributed by atoms with Crippen LogP contribution in [0.2, 0.25) is 0 Å². The van der Waals surface area contributed by atoms with Gasteiger partial charge < -0.3 is 24.6 Å². The van der Waals surface area contributed by atoms with E-state index in [0.717, 1.165) is 36.5 Å². The number of hydrogen-bond acceptors (Lipinski definition) is 5. The van der Waals surface area contributed by atoms with Crippen LogP contribution in [0.5, 0.6) is 11.5 Å². The average molecular weight is 438 g/mol. The number of aryl methyl sites for hydroxylation is 2. The molecule has 2 heterocycles. The van der Waals surface area contributed by atoms with Crippen molar-refractivity contribution in [3.8, 4) is 11.5 Å². The molecule has 0 saturated carbocycles. The molecular weight excluding hydrogens is 406 g/mol. The minimum atomic E-state index is -0.254. The van der Waals surface area contributed by atoms with E-state index in [1.165, 1.54) is 19.3 Å². The summed E-state index contributed by atoms with van der Waals surface area (Å²) in [4.78, 5) is 29.2. The second-order valence-corrected chi connectivity index (χ2v) is 8.48. The van der Waals surface area contributed by atoms with Crippen molar-refractivity contribution in [2.45, 2.75) is 33.1 Å². The van der Waals surface area contributed by atoms with Crippen molar-refractivity contribution < 1.29 is 19.1 Å². The maximum Gasteiger partial charge on any atom is 0.265 e. The number of nitrogens with one attached hydrogen (secondary N) is 1. The van der Waals surface area contributed by atoms with Crippen molar-refractivity contribution in [3.63, 3.8) is 0 Å². The Morgan fingerprint density at radius 1 is 1.06 bits per heavy atom. The van der Waals surface area contributed by atoms with Gasteiger partial charge in [0.15, 0.2) is 13.2 Å². The number of carbonyl (C=O) groups is 2. The average Bonchev–Trinajstić information content (AvgIpc) is 2.79. The van der Waals surface area contributed by atoms with Gasteiger partial charge in [-0.3, -0.25) is 9.59 Å². The molecule has 7 nitrogen and oxygen atoms in total. The Bertz CT molecular complexity index is 965. The first kappa shape index (κ1) is 22.1. The highest BCUT2D eigenvalue weighted by molar-refractivity contribution is 5.99. The minimum Gasteiger partial charge on any atom is -0.483 e. The van der Waals surface area contributed by atoms with Crippen LogP contribution in [-0.2, 0) is 9.59 Å². The van der Waals surface area contributed by atoms with Crippen molar-refractivity contribution in [3.05, 3.63) is 47.5 Å². The zero-order valence-corrected chi connectivity index (χ0v) is 18.9. The molecule has 4 rings (SSSR count). The van der Waals surface area contributed by atoms with Crippen LogP contribution in [0.4, 0.5) is 11.4 Å². The van der Waals surface area contributed by atoms with Gasteiger partial charge in [-0.2, -0.15) is 0 Å². The van der Waals surface area contributed by atoms with Crippen LogP contribution in [0.1, 0.15) is 30.4 Å². The summed E-state index contributed by atoms with van der Waals surface area (Å²) < 4.78 is 11.4. The largest absolute Gasteiger partial charge is 0.483 e. The fraction of sp³-hybridized carbons (Fsp3) is 0.440. The SMILES string of the molecule is Cc1cccc(C)c1OCC(=O)Nc1ccc2c(c1)N(CCN1CCCCC1)C(=O)CO2. The summed E-state index contributed by atoms with van der Waals surface area (Å²) >= 11 is 0. The number of rotatable bonds is 7. The van der Waals surface area contributed by atoms with E-state index in [1.807, 2.05) is 32.0 Å². The molecule has 1 saturated heterocycles. The first-order valence-electron chi connectivity index (χ1n) is 11.3. The molecule has 1 fully saturated rings. The molecular formula is C25H31N3O4. The van der Waals surface area contributed by atoms with E-state index < -0.39 is 0 Å². The summed E-state index contributed by atoms with van der Waals surface area (Å²) in [7, 11) is 0. The fourth-order valence-electron chi connectivity index (χ4n) is 4.31. The second-order valence-electron chi connectivity index (χ2n) is 8.48. The maximum absolute atomic E-state index is 12.6. The number of piperidine rings is 1. The van der Waals surface area contributed by atoms with Crippen molar-refractivity contribution in [1.82, 2.24) is 4.90 Å². The smallest absolute Gasteiger partial charge is 0.265 e. The monoisotopic (exact) mass is 437 g/mol. The third kappa shape index (κ3) is 5.22. The predicted octanol–water partition coefficient (Wildman–Crippen LogP) is 3.53. The highest BCUT2D eigenvalue weighted by Gasteiger charge is 2.26. The number of benzene rings is 2. The zero-order valence-electron chi connectivity index (χ0n) is 18.9. The number of carbonyl (C=O) groups excluding carboxylic acids is 2. The molecule has 1 N–H and O–H groups in total. The molecule has 32 heavy (non-hydrogen) atoms. The molecule has 2 aromatic carbocycles. The molecule has 0 spiro atoms. The van der Waals surface area contributed by atoms with E-state index in [2.05, 4.69) is 10.2 Å². The summed E-state index contributed by atoms with van der Waals surface area (Å²) in [5.41, 5.74) is 3.30. The summed E-state index contributed by atoms with van der Waals surface area (Å²) in [6.07, 6.45) is 3.72. The molecule has 0 aliphatic carbocycles. The third-order valence-corrected chi connectivity index (χ3v) is 6.03. The van der Waals surface area contributed by atoms with Gasteiger partial charge in [-0.05, 0) is 69.1 Å². The highest BCUT2D eigenvalue weighted by Crippen LogP contribution is 2.34. The molecule has 2 amide bonds. The summed E-state index contributed by atoms with van der Waals surface area (Å²) in [5, 5.41) is 2.87. The van der Waals surface area contributed by atoms with Gasteiger partial charge in [-0.15, -0.1) is 0 Å². The van der Waals surface area contributed by atoms with Crippen LogP contribution in [0, 0.1) is 13.8 Å². The Labute approximate surface area is 189 Å². The lowest BCUT2D eigenvalue weighted by Gasteiger charge is -2.33. The fourth-order valence-corrected chi connectivity index (χ4v) is 4.31. The van der Waals surface area contributed by atoms with Crippen molar-refractivity contribution in [2.24, 2.45) is 0 Å². The molecule has 0 bridgehead atoms. The van der Waals surface area contributed by atoms with Crippen LogP contribution < -0.4 is 19.7 Å². The second kappa shape index (κ2) is 10.0. The minimum absolute atomic E-state index is 0.0440. The van der Waals surface area contributed by atoms with E-state index in [-0.39, 0.29) is 25.0 Å². The van der Waals surface area contributed by atoms with Crippen molar-refractivity contribution in [1.29, 1.82) is 0 Å². The highest BCUT2D eigenvalue weighted by atomic mass is 16.5. The lowest BCUT2D eigenvalue weighted by atomic mass is 10.1. The number of hydrogen-bond donors (Lipinski definition) is 1. The number of ether oxygens (including phenoxy) is 2. The molecule has 7 heteroatoms. The Morgan fingerprint density at radius 3 is 2.56 bits per heavy atom. The van der Waals surface area contributed by atoms with Gasteiger partial charge in [0.25, 0.3) is 11.8 Å². The number of nitrogens with zero attached hydrogens (tertiary/aromatic N) is 2. The number of likely N-dealkylation sites (tertiary alicyclic amines) is 1. The van der Waals surface area contributed by atoms with Gasteiger partial charge in [0.05, 0.1) is 5.69 Å². The molecule has 0 atom stereocenters. The normalized spacial score (nSPS) is 16.3. The Morgan fingerprint density at radius 2 is 1.81 bits per heavy atom. The van der Waals surface area contributed by atoms with Crippen LogP contribution in [0.15, 0.2) is 36.4 Å². The van der Waals surface area contributed by atoms with Gasteiger partial charge in [-0.25, -0.2) is 0 Å². The van der Waals surface area contributed by atoms with E-state index in [4.69, 9.17) is 9.47 Å². The van der Waals surface area contributed by atoms with Crippen LogP contribution >= 0.6 is 0 Å². The first-order valence-corrected chi connectivity index (χ1v) is 11.3. The third-order valence-electron chi connectivity index (χ3n) is 6.03. The lowest BCUT2D eigenvalue weighted by molar-refractivity contribution is -0.121. The van der Waals surface area contributed by atoms with Crippen LogP contribution in [0.25, 0.3) is 0 Å². The zero-order chi connectivity index (χ0) is 22.5. The number of fused-ring (bicyclic) bond motifs is 1. The summed E-state index contributed by atoms with van der Waals surface area (Å²) in [6.45, 7) is 7.50. The standard InChI is InChI=1S/C25H31N3O4/c1-18-7-6-8-19(2)25(18)32-16-23(29)26-20-9-10-22-21(15-20)28(24(30)17-31-22)14-13-27-11-4-3-5-12-27/h6-10,15H,3-5,11-14,16-17H2,1-2H3,(H,26,29). The molecule has 2 aromatic rings. The summed E-state index contributed by atoms with van der Waals surface area (Å²) in [5.74, 6) is 1.08. The number of amides is 2. The van der Waals surface area contributed by atoms with Gasteiger partial charge in [0.1, 0.15) is 11.5 Å². The van der Waals surface area contributed by atoms with Gasteiger partial charge in [0.2, 0.25) is 0 Å². The molecule has 2 aliphatic rings. The van der Waals surface area contributed by atoms with E-state index >= 15 is 0 Å². The van der Waals surface area contributed by atoms with Gasteiger partial charge in [0, 0.05) is 18.8 Å². The Kier molecular flexibility index (Phi) is 6.95. The number of para-hydroxylation sites is 1. The van der Waals surface area contributed by atoms with Gasteiger partial charge in [-0.1, -0.05) is 24.6 Å². The van der Waals surface area contributed by atoms with E-state index in [1.54, 1.807) is 23.1 Å². The Balaban J connectivity index is 1.40. The summed E-state index contributed by atoms with van der Waals surface area (Å²) in [6, 6.07) is 11.3. The van der Waals surface area contributed by atoms with E-state index in [0.29, 0.717) is 23.7 Å². The van der Waals surface area contributed by atoms with Gasteiger partial charge >= 0.3 is 0 Å². The predicted molar refractivity (Wildman–Crippen MR) is 125 cm³/mol. The maximum atomic E-state index is 12.6. The van der Waals surface area contributed by atoms with Crippen molar-refractivity contribution >= 4 is 23.2 Å². The van der Waals surface area contributed by atoms with Crippen molar-refractivity contribution in [2.75, 3.05) is 49.6 Å². The lowest BCUT2D eigenvalue weighted by Crippen LogP contribution is -2.44. The Hall–Kier alpha value is -3.06. The number of anilines is 2. The molecule has 0 unspecified atom stereocenters. The molecule has 0 aromatic heterocycles. The van der Waals surface area contributed by atoms with E-state index in [9.17, 15) is 9.59 Å².